The summed E-state index contributed by atoms with van der Waals surface area (Å²) in [6, 6.07) is 6.46. The molecule has 0 heterocycles. The Morgan fingerprint density at radius 3 is 2.60 bits per heavy atom. The fourth-order valence-electron chi connectivity index (χ4n) is 1.21. The standard InChI is InChI=1S/C10H11NO3S/c1-14-10-4-3-9(15(2,12)13)7-8(10)5-6-11/h3-4,7H,5H2,1-2H3. The Labute approximate surface area is 89.0 Å². The molecule has 0 fully saturated rings. The molecule has 1 aromatic carbocycles. The van der Waals surface area contributed by atoms with Gasteiger partial charge in [-0.15, -0.1) is 0 Å². The lowest BCUT2D eigenvalue weighted by atomic mass is 10.1. The van der Waals surface area contributed by atoms with E-state index in [2.05, 4.69) is 0 Å². The van der Waals surface area contributed by atoms with Gasteiger partial charge < -0.3 is 4.74 Å². The highest BCUT2D eigenvalue weighted by Gasteiger charge is 2.10. The van der Waals surface area contributed by atoms with E-state index in [0.29, 0.717) is 11.3 Å². The average Bonchev–Trinajstić information content (AvgIpc) is 2.17. The smallest absolute Gasteiger partial charge is 0.175 e. The molecule has 0 aliphatic carbocycles. The van der Waals surface area contributed by atoms with Gasteiger partial charge in [0.25, 0.3) is 0 Å². The molecule has 0 unspecified atom stereocenters. The topological polar surface area (TPSA) is 67.2 Å². The molecule has 1 rings (SSSR count). The van der Waals surface area contributed by atoms with E-state index in [1.165, 1.54) is 19.2 Å². The van der Waals surface area contributed by atoms with Crippen LogP contribution < -0.4 is 4.74 Å². The zero-order valence-electron chi connectivity index (χ0n) is 8.52. The monoisotopic (exact) mass is 225 g/mol. The third-order valence-corrected chi connectivity index (χ3v) is 3.06. The summed E-state index contributed by atoms with van der Waals surface area (Å²) in [5, 5.41) is 8.58. The molecule has 0 aliphatic heterocycles. The maximum absolute atomic E-state index is 11.3. The van der Waals surface area contributed by atoms with E-state index in [9.17, 15) is 8.42 Å². The van der Waals surface area contributed by atoms with E-state index in [0.717, 1.165) is 6.26 Å². The zero-order chi connectivity index (χ0) is 11.5. The van der Waals surface area contributed by atoms with E-state index in [-0.39, 0.29) is 11.3 Å². The number of nitriles is 1. The summed E-state index contributed by atoms with van der Waals surface area (Å²) >= 11 is 0. The summed E-state index contributed by atoms with van der Waals surface area (Å²) in [4.78, 5) is 0.202. The number of sulfone groups is 1. The highest BCUT2D eigenvalue weighted by Crippen LogP contribution is 2.22. The largest absolute Gasteiger partial charge is 0.496 e. The van der Waals surface area contributed by atoms with Gasteiger partial charge in [-0.05, 0) is 18.2 Å². The Hall–Kier alpha value is -1.54. The van der Waals surface area contributed by atoms with Crippen molar-refractivity contribution >= 4 is 9.84 Å². The minimum absolute atomic E-state index is 0.131. The predicted octanol–water partition coefficient (Wildman–Crippen LogP) is 1.16. The van der Waals surface area contributed by atoms with Crippen LogP contribution in [0.2, 0.25) is 0 Å². The van der Waals surface area contributed by atoms with Crippen molar-refractivity contribution in [1.82, 2.24) is 0 Å². The summed E-state index contributed by atoms with van der Waals surface area (Å²) in [5.41, 5.74) is 0.586. The SMILES string of the molecule is COc1ccc(S(C)(=O)=O)cc1CC#N. The maximum atomic E-state index is 11.3. The van der Waals surface area contributed by atoms with Crippen LogP contribution in [0.15, 0.2) is 23.1 Å². The van der Waals surface area contributed by atoms with Gasteiger partial charge in [0.2, 0.25) is 0 Å². The lowest BCUT2D eigenvalue weighted by Gasteiger charge is -2.07. The summed E-state index contributed by atoms with van der Waals surface area (Å²) in [6.07, 6.45) is 1.26. The Balaban J connectivity index is 3.29. The highest BCUT2D eigenvalue weighted by molar-refractivity contribution is 7.90. The van der Waals surface area contributed by atoms with E-state index in [1.807, 2.05) is 6.07 Å². The van der Waals surface area contributed by atoms with Crippen molar-refractivity contribution in [2.45, 2.75) is 11.3 Å². The third kappa shape index (κ3) is 2.70. The van der Waals surface area contributed by atoms with Gasteiger partial charge in [0.15, 0.2) is 9.84 Å². The molecule has 0 saturated carbocycles. The number of hydrogen-bond donors (Lipinski definition) is 0. The Kier molecular flexibility index (Phi) is 3.32. The second-order valence-corrected chi connectivity index (χ2v) is 5.10. The Morgan fingerprint density at radius 2 is 2.13 bits per heavy atom. The minimum atomic E-state index is -3.23. The maximum Gasteiger partial charge on any atom is 0.175 e. The second kappa shape index (κ2) is 4.32. The first kappa shape index (κ1) is 11.5. The van der Waals surface area contributed by atoms with Crippen LogP contribution in [0.5, 0.6) is 5.75 Å². The highest BCUT2D eigenvalue weighted by atomic mass is 32.2. The summed E-state index contributed by atoms with van der Waals surface area (Å²) < 4.78 is 27.6. The van der Waals surface area contributed by atoms with Gasteiger partial charge in [-0.1, -0.05) is 0 Å². The van der Waals surface area contributed by atoms with E-state index >= 15 is 0 Å². The van der Waals surface area contributed by atoms with Crippen molar-refractivity contribution in [3.63, 3.8) is 0 Å². The van der Waals surface area contributed by atoms with E-state index in [1.54, 1.807) is 6.07 Å². The van der Waals surface area contributed by atoms with Crippen molar-refractivity contribution in [2.75, 3.05) is 13.4 Å². The van der Waals surface area contributed by atoms with Crippen molar-refractivity contribution < 1.29 is 13.2 Å². The van der Waals surface area contributed by atoms with Crippen LogP contribution in [0.3, 0.4) is 0 Å². The van der Waals surface area contributed by atoms with Crippen LogP contribution in [0, 0.1) is 11.3 Å². The number of benzene rings is 1. The first-order valence-electron chi connectivity index (χ1n) is 4.23. The van der Waals surface area contributed by atoms with Gasteiger partial charge in [-0.25, -0.2) is 8.42 Å². The molecule has 0 atom stereocenters. The molecule has 15 heavy (non-hydrogen) atoms. The number of nitrogens with zero attached hydrogens (tertiary/aromatic N) is 1. The van der Waals surface area contributed by atoms with Crippen LogP contribution in [0.1, 0.15) is 5.56 Å². The van der Waals surface area contributed by atoms with Gasteiger partial charge in [-0.3, -0.25) is 0 Å². The minimum Gasteiger partial charge on any atom is -0.496 e. The Bertz CT molecular complexity index is 500. The average molecular weight is 225 g/mol. The lowest BCUT2D eigenvalue weighted by Crippen LogP contribution is -1.99. The molecule has 4 nitrogen and oxygen atoms in total. The van der Waals surface area contributed by atoms with E-state index < -0.39 is 9.84 Å². The van der Waals surface area contributed by atoms with Crippen LogP contribution in [-0.4, -0.2) is 21.8 Å². The second-order valence-electron chi connectivity index (χ2n) is 3.08. The van der Waals surface area contributed by atoms with Crippen LogP contribution in [-0.2, 0) is 16.3 Å². The van der Waals surface area contributed by atoms with Crippen molar-refractivity contribution in [3.8, 4) is 11.8 Å². The number of ether oxygens (including phenoxy) is 1. The van der Waals surface area contributed by atoms with Crippen molar-refractivity contribution in [1.29, 1.82) is 5.26 Å². The fraction of sp³-hybridized carbons (Fsp3) is 0.300. The quantitative estimate of drug-likeness (QED) is 0.774. The van der Waals surface area contributed by atoms with Gasteiger partial charge in [0.05, 0.1) is 24.5 Å². The van der Waals surface area contributed by atoms with E-state index in [4.69, 9.17) is 10.00 Å². The molecule has 0 radical (unpaired) electrons. The first-order chi connectivity index (χ1) is 6.99. The molecule has 0 saturated heterocycles. The zero-order valence-corrected chi connectivity index (χ0v) is 9.34. The molecule has 80 valence electrons. The molecule has 0 amide bonds. The van der Waals surface area contributed by atoms with Crippen LogP contribution in [0.25, 0.3) is 0 Å². The molecule has 0 aliphatic rings. The van der Waals surface area contributed by atoms with Crippen molar-refractivity contribution in [2.24, 2.45) is 0 Å². The number of hydrogen-bond acceptors (Lipinski definition) is 4. The first-order valence-corrected chi connectivity index (χ1v) is 6.12. The normalized spacial score (nSPS) is 10.7. The molecule has 0 spiro atoms. The summed E-state index contributed by atoms with van der Waals surface area (Å²) in [7, 11) is -1.75. The molecule has 5 heteroatoms. The molecule has 0 bridgehead atoms. The lowest BCUT2D eigenvalue weighted by molar-refractivity contribution is 0.410. The van der Waals surface area contributed by atoms with Gasteiger partial charge in [0.1, 0.15) is 5.75 Å². The fourth-order valence-corrected chi connectivity index (χ4v) is 1.88. The number of rotatable bonds is 3. The summed E-state index contributed by atoms with van der Waals surface area (Å²) in [5.74, 6) is 0.531. The van der Waals surface area contributed by atoms with Gasteiger partial charge >= 0.3 is 0 Å². The molecule has 1 aromatic rings. The Morgan fingerprint density at radius 1 is 1.47 bits per heavy atom. The number of methoxy groups -OCH3 is 1. The van der Waals surface area contributed by atoms with Gasteiger partial charge in [0, 0.05) is 11.8 Å². The molecular formula is C10H11NO3S. The summed E-state index contributed by atoms with van der Waals surface area (Å²) in [6.45, 7) is 0. The van der Waals surface area contributed by atoms with Crippen LogP contribution in [0.4, 0.5) is 0 Å². The van der Waals surface area contributed by atoms with Crippen molar-refractivity contribution in [3.05, 3.63) is 23.8 Å². The molecule has 0 aromatic heterocycles. The molecular weight excluding hydrogens is 214 g/mol. The third-order valence-electron chi connectivity index (χ3n) is 1.95. The predicted molar refractivity (Wildman–Crippen MR) is 55.4 cm³/mol. The van der Waals surface area contributed by atoms with Crippen LogP contribution >= 0.6 is 0 Å². The molecule has 0 N–H and O–H groups in total. The van der Waals surface area contributed by atoms with Gasteiger partial charge in [-0.2, -0.15) is 5.26 Å².